The van der Waals surface area contributed by atoms with Crippen molar-refractivity contribution in [3.63, 3.8) is 0 Å². The van der Waals surface area contributed by atoms with Gasteiger partial charge in [-0.05, 0) is 88.8 Å². The van der Waals surface area contributed by atoms with E-state index in [1.807, 2.05) is 6.07 Å². The van der Waals surface area contributed by atoms with Gasteiger partial charge in [0.25, 0.3) is 0 Å². The number of hydrogen-bond acceptors (Lipinski definition) is 8. The molecule has 2 aromatic carbocycles. The summed E-state index contributed by atoms with van der Waals surface area (Å²) in [6.07, 6.45) is 4.49. The minimum Gasteiger partial charge on any atom is -0.492 e. The molecule has 4 heterocycles. The molecule has 0 spiro atoms. The van der Waals surface area contributed by atoms with E-state index in [9.17, 15) is 8.78 Å². The summed E-state index contributed by atoms with van der Waals surface area (Å²) in [6, 6.07) is 10.6. The van der Waals surface area contributed by atoms with Crippen molar-refractivity contribution in [1.82, 2.24) is 19.6 Å². The molecule has 8 nitrogen and oxygen atoms in total. The zero-order valence-corrected chi connectivity index (χ0v) is 26.5. The zero-order chi connectivity index (χ0) is 30.7. The summed E-state index contributed by atoms with van der Waals surface area (Å²) in [5, 5.41) is 0. The van der Waals surface area contributed by atoms with Crippen LogP contribution in [0.1, 0.15) is 48.9 Å². The molecule has 0 N–H and O–H groups in total. The number of halogens is 2. The molecule has 0 saturated carbocycles. The Hall–Kier alpha value is -2.34. The average molecular weight is 617 g/mol. The summed E-state index contributed by atoms with van der Waals surface area (Å²) in [5.74, 6) is 1.08. The molecule has 0 radical (unpaired) electrons. The van der Waals surface area contributed by atoms with Crippen LogP contribution in [0.5, 0.6) is 11.5 Å². The first-order valence-electron chi connectivity index (χ1n) is 16.3. The summed E-state index contributed by atoms with van der Waals surface area (Å²) in [6.45, 7) is 12.1. The van der Waals surface area contributed by atoms with Crippen LogP contribution in [0.2, 0.25) is 0 Å². The van der Waals surface area contributed by atoms with Crippen molar-refractivity contribution in [1.29, 1.82) is 0 Å². The lowest BCUT2D eigenvalue weighted by Crippen LogP contribution is -2.38. The Morgan fingerprint density at radius 2 is 1.27 bits per heavy atom. The number of likely N-dealkylation sites (tertiary alicyclic amines) is 2. The highest BCUT2D eigenvalue weighted by Crippen LogP contribution is 2.36. The van der Waals surface area contributed by atoms with Crippen LogP contribution in [-0.2, 0) is 9.47 Å². The Balaban J connectivity index is 0.000000175. The van der Waals surface area contributed by atoms with E-state index in [1.54, 1.807) is 18.2 Å². The van der Waals surface area contributed by atoms with Gasteiger partial charge in [0.15, 0.2) is 0 Å². The fourth-order valence-electron chi connectivity index (χ4n) is 6.63. The lowest BCUT2D eigenvalue weighted by atomic mass is 10.0. The third-order valence-corrected chi connectivity index (χ3v) is 9.20. The van der Waals surface area contributed by atoms with Crippen LogP contribution in [-0.4, -0.2) is 126 Å². The van der Waals surface area contributed by atoms with Gasteiger partial charge in [0.1, 0.15) is 36.3 Å². The molecule has 0 aromatic heterocycles. The molecule has 0 bridgehead atoms. The second-order valence-electron chi connectivity index (χ2n) is 12.3. The maximum absolute atomic E-state index is 13.9. The Kier molecular flexibility index (Phi) is 12.6. The lowest BCUT2D eigenvalue weighted by molar-refractivity contribution is 0.0321. The predicted molar refractivity (Wildman–Crippen MR) is 168 cm³/mol. The Morgan fingerprint density at radius 1 is 0.682 bits per heavy atom. The average Bonchev–Trinajstić information content (AvgIpc) is 3.66. The third kappa shape index (κ3) is 9.58. The monoisotopic (exact) mass is 616 g/mol. The van der Waals surface area contributed by atoms with Crippen molar-refractivity contribution in [3.8, 4) is 11.5 Å². The van der Waals surface area contributed by atoms with Crippen LogP contribution in [0, 0.1) is 11.6 Å². The quantitative estimate of drug-likeness (QED) is 0.384. The molecule has 4 fully saturated rings. The van der Waals surface area contributed by atoms with Gasteiger partial charge in [-0.3, -0.25) is 19.6 Å². The Labute approximate surface area is 261 Å². The number of benzene rings is 2. The topological polar surface area (TPSA) is 49.9 Å². The molecule has 0 aliphatic carbocycles. The minimum atomic E-state index is -0.209. The third-order valence-electron chi connectivity index (χ3n) is 9.20. The number of nitrogens with zero attached hydrogens (tertiary/aromatic N) is 4. The molecule has 244 valence electrons. The summed E-state index contributed by atoms with van der Waals surface area (Å²) in [4.78, 5) is 9.22. The van der Waals surface area contributed by atoms with E-state index in [0.717, 1.165) is 115 Å². The zero-order valence-electron chi connectivity index (χ0n) is 26.5. The molecule has 6 rings (SSSR count). The number of morpholine rings is 2. The SMILES string of the molecule is CN1CCCC1c1cc(F)cc(OCCN2CCOCC2)c1.CN1CCCC1c1cc(F)ccc1OCCN1CCOCC1. The summed E-state index contributed by atoms with van der Waals surface area (Å²) < 4.78 is 49.9. The molecule has 44 heavy (non-hydrogen) atoms. The van der Waals surface area contributed by atoms with Gasteiger partial charge < -0.3 is 18.9 Å². The van der Waals surface area contributed by atoms with Gasteiger partial charge >= 0.3 is 0 Å². The fourth-order valence-corrected chi connectivity index (χ4v) is 6.63. The van der Waals surface area contributed by atoms with Gasteiger partial charge in [0, 0.05) is 63.0 Å². The normalized spacial score (nSPS) is 23.8. The highest BCUT2D eigenvalue weighted by molar-refractivity contribution is 5.37. The van der Waals surface area contributed by atoms with Crippen molar-refractivity contribution >= 4 is 0 Å². The summed E-state index contributed by atoms with van der Waals surface area (Å²) in [5.41, 5.74) is 2.02. The molecule has 2 atom stereocenters. The maximum Gasteiger partial charge on any atom is 0.127 e. The van der Waals surface area contributed by atoms with Gasteiger partial charge in [0.05, 0.1) is 26.4 Å². The smallest absolute Gasteiger partial charge is 0.127 e. The molecular formula is C34H50F2N4O4. The van der Waals surface area contributed by atoms with E-state index in [2.05, 4.69) is 33.7 Å². The first-order valence-corrected chi connectivity index (χ1v) is 16.3. The van der Waals surface area contributed by atoms with Crippen LogP contribution >= 0.6 is 0 Å². The van der Waals surface area contributed by atoms with E-state index in [4.69, 9.17) is 18.9 Å². The van der Waals surface area contributed by atoms with E-state index in [0.29, 0.717) is 25.0 Å². The van der Waals surface area contributed by atoms with Crippen molar-refractivity contribution in [2.45, 2.75) is 37.8 Å². The van der Waals surface area contributed by atoms with Crippen molar-refractivity contribution in [2.24, 2.45) is 0 Å². The van der Waals surface area contributed by atoms with Crippen molar-refractivity contribution in [3.05, 3.63) is 59.2 Å². The van der Waals surface area contributed by atoms with Gasteiger partial charge in [-0.2, -0.15) is 0 Å². The van der Waals surface area contributed by atoms with E-state index >= 15 is 0 Å². The molecule has 4 aliphatic rings. The van der Waals surface area contributed by atoms with Crippen LogP contribution in [0.4, 0.5) is 8.78 Å². The molecule has 4 aliphatic heterocycles. The second kappa shape index (κ2) is 16.8. The van der Waals surface area contributed by atoms with E-state index in [-0.39, 0.29) is 17.7 Å². The standard InChI is InChI=1S/2C17H25FN2O2/c1-19-6-2-3-16(19)15-13-14(18)4-5-17(15)22-12-9-20-7-10-21-11-8-20;1-19-4-2-3-17(19)14-11-15(18)13-16(12-14)22-10-7-20-5-8-21-9-6-20/h4-5,13,16H,2-3,6-12H2,1H3;11-13,17H,2-10H2,1H3. The van der Waals surface area contributed by atoms with Crippen molar-refractivity contribution in [2.75, 3.05) is 106 Å². The van der Waals surface area contributed by atoms with Gasteiger partial charge in [-0.25, -0.2) is 8.78 Å². The number of ether oxygens (including phenoxy) is 4. The molecule has 4 saturated heterocycles. The Morgan fingerprint density at radius 3 is 1.86 bits per heavy atom. The van der Waals surface area contributed by atoms with Crippen LogP contribution in [0.25, 0.3) is 0 Å². The fraction of sp³-hybridized carbons (Fsp3) is 0.647. The predicted octanol–water partition coefficient (Wildman–Crippen LogP) is 4.61. The molecule has 10 heteroatoms. The summed E-state index contributed by atoms with van der Waals surface area (Å²) in [7, 11) is 4.20. The number of hydrogen-bond donors (Lipinski definition) is 0. The first-order chi connectivity index (χ1) is 21.5. The maximum atomic E-state index is 13.9. The highest BCUT2D eigenvalue weighted by atomic mass is 19.1. The van der Waals surface area contributed by atoms with Crippen LogP contribution < -0.4 is 9.47 Å². The molecule has 2 aromatic rings. The van der Waals surface area contributed by atoms with Crippen LogP contribution in [0.15, 0.2) is 36.4 Å². The van der Waals surface area contributed by atoms with Crippen molar-refractivity contribution < 1.29 is 27.7 Å². The lowest BCUT2D eigenvalue weighted by Gasteiger charge is -2.27. The second-order valence-corrected chi connectivity index (χ2v) is 12.3. The molecule has 2 unspecified atom stereocenters. The molecule has 0 amide bonds. The Bertz CT molecular complexity index is 1160. The van der Waals surface area contributed by atoms with Gasteiger partial charge in [-0.1, -0.05) is 0 Å². The van der Waals surface area contributed by atoms with Gasteiger partial charge in [0.2, 0.25) is 0 Å². The minimum absolute atomic E-state index is 0.184. The van der Waals surface area contributed by atoms with Crippen LogP contribution in [0.3, 0.4) is 0 Å². The van der Waals surface area contributed by atoms with E-state index in [1.165, 1.54) is 18.6 Å². The first kappa shape index (κ1) is 33.0. The molecular weight excluding hydrogens is 566 g/mol. The largest absolute Gasteiger partial charge is 0.492 e. The highest BCUT2D eigenvalue weighted by Gasteiger charge is 2.26. The van der Waals surface area contributed by atoms with E-state index < -0.39 is 0 Å². The van der Waals surface area contributed by atoms with Gasteiger partial charge in [-0.15, -0.1) is 0 Å². The number of rotatable bonds is 10. The summed E-state index contributed by atoms with van der Waals surface area (Å²) >= 11 is 0.